The zero-order valence-corrected chi connectivity index (χ0v) is 21.4. The van der Waals surface area contributed by atoms with E-state index in [4.69, 9.17) is 0 Å². The van der Waals surface area contributed by atoms with Crippen LogP contribution in [0, 0.1) is 13.8 Å². The van der Waals surface area contributed by atoms with E-state index in [1.54, 1.807) is 18.0 Å². The minimum atomic E-state index is -2.98. The van der Waals surface area contributed by atoms with E-state index in [2.05, 4.69) is 34.3 Å². The molecule has 2 aliphatic heterocycles. The van der Waals surface area contributed by atoms with Gasteiger partial charge < -0.3 is 9.80 Å². The largest absolute Gasteiger partial charge is 0.372 e. The van der Waals surface area contributed by atoms with Gasteiger partial charge in [0, 0.05) is 49.7 Å². The minimum Gasteiger partial charge on any atom is -0.372 e. The van der Waals surface area contributed by atoms with Gasteiger partial charge in [-0.3, -0.25) is 9.48 Å². The molecule has 2 aliphatic rings. The van der Waals surface area contributed by atoms with Crippen molar-refractivity contribution in [2.24, 2.45) is 0 Å². The lowest BCUT2D eigenvalue weighted by Gasteiger charge is -2.22. The first-order valence-corrected chi connectivity index (χ1v) is 14.1. The Hall–Kier alpha value is -2.61. The van der Waals surface area contributed by atoms with Crippen molar-refractivity contribution in [2.75, 3.05) is 36.5 Å². The van der Waals surface area contributed by atoms with Gasteiger partial charge in [0.05, 0.1) is 23.2 Å². The number of amides is 1. The number of carbonyl (C=O) groups is 1. The summed E-state index contributed by atoms with van der Waals surface area (Å²) < 4.78 is 25.6. The molecule has 2 fully saturated rings. The molecule has 0 saturated carbocycles. The third-order valence-corrected chi connectivity index (χ3v) is 8.83. The Labute approximate surface area is 203 Å². The van der Waals surface area contributed by atoms with E-state index in [-0.39, 0.29) is 23.5 Å². The van der Waals surface area contributed by atoms with Crippen LogP contribution in [-0.4, -0.2) is 60.6 Å². The van der Waals surface area contributed by atoms with Gasteiger partial charge in [0.1, 0.15) is 0 Å². The van der Waals surface area contributed by atoms with Gasteiger partial charge in [-0.2, -0.15) is 5.10 Å². The van der Waals surface area contributed by atoms with Crippen molar-refractivity contribution in [2.45, 2.75) is 58.5 Å². The second-order valence-electron chi connectivity index (χ2n) is 9.67. The van der Waals surface area contributed by atoms with Gasteiger partial charge in [-0.1, -0.05) is 25.0 Å². The zero-order valence-electron chi connectivity index (χ0n) is 20.5. The van der Waals surface area contributed by atoms with Gasteiger partial charge in [-0.15, -0.1) is 0 Å². The SMILES string of the molecule is Cc1nn(C2CCS(=O)(=O)C2)c(C)c1CN(C)C(=O)/C=C/c1ccc(N2CCCCCC2)cc1. The smallest absolute Gasteiger partial charge is 0.246 e. The van der Waals surface area contributed by atoms with Crippen molar-refractivity contribution in [3.8, 4) is 0 Å². The maximum absolute atomic E-state index is 12.8. The van der Waals surface area contributed by atoms with Crippen LogP contribution in [0.25, 0.3) is 6.08 Å². The third-order valence-electron chi connectivity index (χ3n) is 7.08. The quantitative estimate of drug-likeness (QED) is 0.581. The fourth-order valence-corrected chi connectivity index (χ4v) is 6.68. The Morgan fingerprint density at radius 3 is 2.41 bits per heavy atom. The van der Waals surface area contributed by atoms with Crippen molar-refractivity contribution < 1.29 is 13.2 Å². The minimum absolute atomic E-state index is 0.0772. The molecule has 2 aromatic rings. The standard InChI is InChI=1S/C26H36N4O3S/c1-20-25(21(2)30(27-20)24-14-17-34(32,33)19-24)18-28(3)26(31)13-10-22-8-11-23(12-9-22)29-15-6-4-5-7-16-29/h8-13,24H,4-7,14-19H2,1-3H3/b13-10+. The monoisotopic (exact) mass is 484 g/mol. The number of nitrogens with zero attached hydrogens (tertiary/aromatic N) is 4. The van der Waals surface area contributed by atoms with E-state index in [0.717, 1.165) is 35.6 Å². The van der Waals surface area contributed by atoms with Gasteiger partial charge in [0.25, 0.3) is 0 Å². The summed E-state index contributed by atoms with van der Waals surface area (Å²) in [5, 5.41) is 4.61. The molecule has 8 heteroatoms. The average molecular weight is 485 g/mol. The second-order valence-corrected chi connectivity index (χ2v) is 11.9. The van der Waals surface area contributed by atoms with E-state index >= 15 is 0 Å². The molecule has 1 aromatic heterocycles. The van der Waals surface area contributed by atoms with Crippen LogP contribution >= 0.6 is 0 Å². The summed E-state index contributed by atoms with van der Waals surface area (Å²) in [5.41, 5.74) is 5.01. The van der Waals surface area contributed by atoms with Crippen molar-refractivity contribution in [1.82, 2.24) is 14.7 Å². The van der Waals surface area contributed by atoms with Crippen LogP contribution in [0.1, 0.15) is 60.7 Å². The molecule has 184 valence electrons. The first-order valence-electron chi connectivity index (χ1n) is 12.3. The summed E-state index contributed by atoms with van der Waals surface area (Å²) in [6.07, 6.45) is 9.19. The Morgan fingerprint density at radius 2 is 1.79 bits per heavy atom. The van der Waals surface area contributed by atoms with E-state index < -0.39 is 9.84 Å². The molecule has 1 atom stereocenters. The van der Waals surface area contributed by atoms with E-state index in [0.29, 0.717) is 13.0 Å². The van der Waals surface area contributed by atoms with Crippen molar-refractivity contribution >= 4 is 27.5 Å². The summed E-state index contributed by atoms with van der Waals surface area (Å²) in [7, 11) is -1.20. The third kappa shape index (κ3) is 5.71. The number of rotatable bonds is 6. The Morgan fingerprint density at radius 1 is 1.12 bits per heavy atom. The van der Waals surface area contributed by atoms with Crippen LogP contribution in [0.2, 0.25) is 0 Å². The van der Waals surface area contributed by atoms with E-state index in [1.807, 2.05) is 24.6 Å². The van der Waals surface area contributed by atoms with Crippen LogP contribution < -0.4 is 4.90 Å². The topological polar surface area (TPSA) is 75.5 Å². The summed E-state index contributed by atoms with van der Waals surface area (Å²) in [6.45, 7) is 6.55. The van der Waals surface area contributed by atoms with Crippen LogP contribution in [0.15, 0.2) is 30.3 Å². The Bertz CT molecular complexity index is 1140. The first-order chi connectivity index (χ1) is 16.2. The normalized spacial score (nSPS) is 20.6. The van der Waals surface area contributed by atoms with Gasteiger partial charge in [0.15, 0.2) is 9.84 Å². The molecular formula is C26H36N4O3S. The molecule has 1 unspecified atom stereocenters. The molecule has 1 amide bonds. The number of hydrogen-bond donors (Lipinski definition) is 0. The number of aromatic nitrogens is 2. The molecule has 4 rings (SSSR count). The lowest BCUT2D eigenvalue weighted by molar-refractivity contribution is -0.125. The Balaban J connectivity index is 1.37. The molecule has 0 aliphatic carbocycles. The van der Waals surface area contributed by atoms with Crippen LogP contribution in [0.5, 0.6) is 0 Å². The summed E-state index contributed by atoms with van der Waals surface area (Å²) in [4.78, 5) is 16.9. The van der Waals surface area contributed by atoms with Crippen molar-refractivity contribution in [1.29, 1.82) is 0 Å². The maximum Gasteiger partial charge on any atom is 0.246 e. The summed E-state index contributed by atoms with van der Waals surface area (Å²) >= 11 is 0. The highest BCUT2D eigenvalue weighted by Crippen LogP contribution is 2.27. The van der Waals surface area contributed by atoms with Gasteiger partial charge in [-0.05, 0) is 56.9 Å². The number of likely N-dealkylation sites (N-methyl/N-ethyl adjacent to an activating group) is 1. The van der Waals surface area contributed by atoms with Gasteiger partial charge in [0.2, 0.25) is 5.91 Å². The fraction of sp³-hybridized carbons (Fsp3) is 0.538. The fourth-order valence-electron chi connectivity index (χ4n) is 4.98. The highest BCUT2D eigenvalue weighted by Gasteiger charge is 2.31. The highest BCUT2D eigenvalue weighted by molar-refractivity contribution is 7.91. The molecule has 1 aromatic carbocycles. The molecule has 3 heterocycles. The van der Waals surface area contributed by atoms with E-state index in [9.17, 15) is 13.2 Å². The number of sulfone groups is 1. The van der Waals surface area contributed by atoms with Crippen molar-refractivity contribution in [3.63, 3.8) is 0 Å². The number of aryl methyl sites for hydroxylation is 1. The molecule has 0 spiro atoms. The maximum atomic E-state index is 12.8. The van der Waals surface area contributed by atoms with E-state index in [1.165, 1.54) is 31.4 Å². The lowest BCUT2D eigenvalue weighted by Crippen LogP contribution is -2.25. The van der Waals surface area contributed by atoms with Crippen molar-refractivity contribution in [3.05, 3.63) is 52.9 Å². The molecule has 0 N–H and O–H groups in total. The van der Waals surface area contributed by atoms with Crippen LogP contribution in [-0.2, 0) is 21.2 Å². The highest BCUT2D eigenvalue weighted by atomic mass is 32.2. The predicted molar refractivity (Wildman–Crippen MR) is 137 cm³/mol. The molecule has 7 nitrogen and oxygen atoms in total. The van der Waals surface area contributed by atoms with Crippen LogP contribution in [0.4, 0.5) is 5.69 Å². The molecule has 34 heavy (non-hydrogen) atoms. The summed E-state index contributed by atoms with van der Waals surface area (Å²) in [6, 6.07) is 8.30. The van der Waals surface area contributed by atoms with Gasteiger partial charge in [-0.25, -0.2) is 8.42 Å². The summed E-state index contributed by atoms with van der Waals surface area (Å²) in [5.74, 6) is 0.280. The van der Waals surface area contributed by atoms with Gasteiger partial charge >= 0.3 is 0 Å². The number of hydrogen-bond acceptors (Lipinski definition) is 5. The number of anilines is 1. The second kappa shape index (κ2) is 10.3. The molecule has 0 bridgehead atoms. The molecular weight excluding hydrogens is 448 g/mol. The first kappa shape index (κ1) is 24.5. The molecule has 2 saturated heterocycles. The molecule has 0 radical (unpaired) electrons. The Kier molecular flexibility index (Phi) is 7.45. The number of carbonyl (C=O) groups excluding carboxylic acids is 1. The average Bonchev–Trinajstić information content (AvgIpc) is 3.16. The van der Waals surface area contributed by atoms with Crippen LogP contribution in [0.3, 0.4) is 0 Å². The lowest BCUT2D eigenvalue weighted by atomic mass is 10.1. The number of benzene rings is 1. The zero-order chi connectivity index (χ0) is 24.3. The predicted octanol–water partition coefficient (Wildman–Crippen LogP) is 3.91.